The molecule has 0 saturated carbocycles. The van der Waals surface area contributed by atoms with Gasteiger partial charge in [-0.3, -0.25) is 19.2 Å². The van der Waals surface area contributed by atoms with Crippen molar-refractivity contribution in [3.8, 4) is 11.5 Å². The first kappa shape index (κ1) is 34.1. The van der Waals surface area contributed by atoms with Crippen molar-refractivity contribution >= 4 is 23.9 Å². The maximum Gasteiger partial charge on any atom is 0.323 e. The molecule has 4 atom stereocenters. The zero-order valence-electron chi connectivity index (χ0n) is 25.2. The quantitative estimate of drug-likeness (QED) is 0.255. The van der Waals surface area contributed by atoms with Crippen LogP contribution in [0.5, 0.6) is 11.5 Å². The van der Waals surface area contributed by atoms with Crippen LogP contribution in [0.15, 0.2) is 18.2 Å². The molecular weight excluding hydrogens is 502 g/mol. The number of hydrogen-bond acceptors (Lipinski definition) is 9. The molecule has 0 aliphatic rings. The Morgan fingerprint density at radius 1 is 0.821 bits per heavy atom. The van der Waals surface area contributed by atoms with Crippen LogP contribution in [0.25, 0.3) is 0 Å². The van der Waals surface area contributed by atoms with Gasteiger partial charge in [-0.05, 0) is 63.1 Å². The fourth-order valence-electron chi connectivity index (χ4n) is 2.95. The summed E-state index contributed by atoms with van der Waals surface area (Å²) in [6, 6.07) is 3.69. The largest absolute Gasteiger partial charge is 0.461 e. The number of ether oxygens (including phenoxy) is 4. The van der Waals surface area contributed by atoms with Crippen LogP contribution < -0.4 is 15.2 Å². The Labute approximate surface area is 233 Å². The van der Waals surface area contributed by atoms with Crippen LogP contribution in [0.3, 0.4) is 0 Å². The Bertz CT molecular complexity index is 1000. The van der Waals surface area contributed by atoms with Gasteiger partial charge in [-0.25, -0.2) is 0 Å². The highest BCUT2D eigenvalue weighted by Gasteiger charge is 2.29. The fraction of sp³-hybridized carbons (Fsp3) is 0.667. The zero-order chi connectivity index (χ0) is 30.1. The van der Waals surface area contributed by atoms with E-state index in [1.54, 1.807) is 40.7 Å². The molecule has 0 aliphatic carbocycles. The molecule has 0 aromatic heterocycles. The number of benzene rings is 1. The number of nitrogens with two attached hydrogens (primary N) is 1. The van der Waals surface area contributed by atoms with Crippen molar-refractivity contribution in [1.82, 2.24) is 0 Å². The van der Waals surface area contributed by atoms with Gasteiger partial charge in [0, 0.05) is 0 Å². The average molecular weight is 550 g/mol. The molecular formula is C30H47NO8. The Balaban J connectivity index is 2.98. The lowest BCUT2D eigenvalue weighted by atomic mass is 9.91. The van der Waals surface area contributed by atoms with Gasteiger partial charge in [0.25, 0.3) is 0 Å². The number of carbonyl (C=O) groups is 4. The SMILES string of the molecule is CCC(C)(C)C(=O)O[C@@H](C)COC(=O)[C@@H](N)Cc1ccc(OC(=O)C(C)C(C)C)c(OC(=O)C(C)C(C)C)c1. The number of carbonyl (C=O) groups excluding carboxylic acids is 4. The molecule has 0 saturated heterocycles. The molecule has 2 N–H and O–H groups in total. The second kappa shape index (κ2) is 15.0. The Kier molecular flexibility index (Phi) is 13.1. The monoisotopic (exact) mass is 549 g/mol. The highest BCUT2D eigenvalue weighted by Crippen LogP contribution is 2.31. The van der Waals surface area contributed by atoms with Gasteiger partial charge >= 0.3 is 23.9 Å². The van der Waals surface area contributed by atoms with Crippen LogP contribution in [0, 0.1) is 29.1 Å². The van der Waals surface area contributed by atoms with Crippen molar-refractivity contribution in [1.29, 1.82) is 0 Å². The molecule has 0 fully saturated rings. The first-order valence-electron chi connectivity index (χ1n) is 13.7. The third kappa shape index (κ3) is 10.6. The molecule has 0 bridgehead atoms. The van der Waals surface area contributed by atoms with Crippen molar-refractivity contribution in [3.05, 3.63) is 23.8 Å². The maximum absolute atomic E-state index is 12.7. The Morgan fingerprint density at radius 3 is 1.82 bits per heavy atom. The molecule has 1 aromatic carbocycles. The second-order valence-corrected chi connectivity index (χ2v) is 11.6. The fourth-order valence-corrected chi connectivity index (χ4v) is 2.95. The van der Waals surface area contributed by atoms with Crippen molar-refractivity contribution < 1.29 is 38.1 Å². The van der Waals surface area contributed by atoms with E-state index in [2.05, 4.69) is 0 Å². The molecule has 0 radical (unpaired) electrons. The van der Waals surface area contributed by atoms with Crippen LogP contribution >= 0.6 is 0 Å². The summed E-state index contributed by atoms with van der Waals surface area (Å²) >= 11 is 0. The van der Waals surface area contributed by atoms with E-state index in [0.717, 1.165) is 0 Å². The van der Waals surface area contributed by atoms with E-state index in [4.69, 9.17) is 24.7 Å². The zero-order valence-corrected chi connectivity index (χ0v) is 25.2. The number of hydrogen-bond donors (Lipinski definition) is 1. The van der Waals surface area contributed by atoms with Crippen LogP contribution in [0.1, 0.15) is 81.2 Å². The molecule has 0 aliphatic heterocycles. The first-order valence-corrected chi connectivity index (χ1v) is 13.7. The highest BCUT2D eigenvalue weighted by molar-refractivity contribution is 5.79. The van der Waals surface area contributed by atoms with Crippen LogP contribution in [0.4, 0.5) is 0 Å². The van der Waals surface area contributed by atoms with Gasteiger partial charge in [0.2, 0.25) is 0 Å². The third-order valence-corrected chi connectivity index (χ3v) is 7.14. The van der Waals surface area contributed by atoms with E-state index in [1.807, 2.05) is 34.6 Å². The standard InChI is InChI=1S/C30H47NO8/c1-11-30(9,10)29(35)37-19(6)16-36-28(34)23(31)14-22-12-13-24(38-26(32)20(7)17(2)3)25(15-22)39-27(33)21(8)18(4)5/h12-13,15,17-21,23H,11,14,16,31H2,1-10H3/t19-,20?,21?,23-/m0/s1. The predicted molar refractivity (Wildman–Crippen MR) is 148 cm³/mol. The maximum atomic E-state index is 12.7. The lowest BCUT2D eigenvalue weighted by Crippen LogP contribution is -2.37. The minimum atomic E-state index is -1.02. The molecule has 1 aromatic rings. The van der Waals surface area contributed by atoms with E-state index in [0.29, 0.717) is 12.0 Å². The molecule has 0 spiro atoms. The summed E-state index contributed by atoms with van der Waals surface area (Å²) in [5.74, 6) is -2.38. The minimum Gasteiger partial charge on any atom is -0.461 e. The molecule has 0 heterocycles. The topological polar surface area (TPSA) is 131 Å². The van der Waals surface area contributed by atoms with Crippen molar-refractivity contribution in [2.24, 2.45) is 34.8 Å². The van der Waals surface area contributed by atoms with E-state index in [-0.39, 0.29) is 54.2 Å². The van der Waals surface area contributed by atoms with E-state index < -0.39 is 35.5 Å². The van der Waals surface area contributed by atoms with Crippen LogP contribution in [0.2, 0.25) is 0 Å². The van der Waals surface area contributed by atoms with Gasteiger partial charge in [-0.1, -0.05) is 54.5 Å². The first-order chi connectivity index (χ1) is 18.0. The lowest BCUT2D eigenvalue weighted by Gasteiger charge is -2.23. The summed E-state index contributed by atoms with van der Waals surface area (Å²) < 4.78 is 21.8. The molecule has 220 valence electrons. The normalized spacial score (nSPS) is 14.8. The third-order valence-electron chi connectivity index (χ3n) is 7.14. The lowest BCUT2D eigenvalue weighted by molar-refractivity contribution is -0.166. The van der Waals surface area contributed by atoms with Crippen LogP contribution in [-0.2, 0) is 35.1 Å². The molecule has 1 rings (SSSR count). The second-order valence-electron chi connectivity index (χ2n) is 11.6. The van der Waals surface area contributed by atoms with Gasteiger partial charge in [-0.15, -0.1) is 0 Å². The summed E-state index contributed by atoms with van der Waals surface area (Å²) in [5.41, 5.74) is 6.04. The molecule has 9 heteroatoms. The molecule has 9 nitrogen and oxygen atoms in total. The summed E-state index contributed by atoms with van der Waals surface area (Å²) in [6.07, 6.45) is 0.0678. The summed E-state index contributed by atoms with van der Waals surface area (Å²) in [6.45, 7) is 18.2. The molecule has 0 amide bonds. The minimum absolute atomic E-state index is 0.0468. The van der Waals surface area contributed by atoms with Crippen molar-refractivity contribution in [3.63, 3.8) is 0 Å². The van der Waals surface area contributed by atoms with Crippen molar-refractivity contribution in [2.75, 3.05) is 6.61 Å². The molecule has 2 unspecified atom stereocenters. The number of esters is 4. The van der Waals surface area contributed by atoms with Gasteiger partial charge in [0.1, 0.15) is 18.8 Å². The van der Waals surface area contributed by atoms with E-state index in [1.165, 1.54) is 12.1 Å². The summed E-state index contributed by atoms with van der Waals surface area (Å²) in [7, 11) is 0. The van der Waals surface area contributed by atoms with Crippen molar-refractivity contribution in [2.45, 2.75) is 94.2 Å². The van der Waals surface area contributed by atoms with Gasteiger partial charge in [0.05, 0.1) is 17.3 Å². The smallest absolute Gasteiger partial charge is 0.323 e. The number of rotatable bonds is 14. The predicted octanol–water partition coefficient (Wildman–Crippen LogP) is 4.86. The van der Waals surface area contributed by atoms with Gasteiger partial charge < -0.3 is 24.7 Å². The van der Waals surface area contributed by atoms with E-state index >= 15 is 0 Å². The van der Waals surface area contributed by atoms with Crippen LogP contribution in [-0.4, -0.2) is 42.6 Å². The average Bonchev–Trinajstić information content (AvgIpc) is 2.87. The van der Waals surface area contributed by atoms with Gasteiger partial charge in [-0.2, -0.15) is 0 Å². The van der Waals surface area contributed by atoms with Gasteiger partial charge in [0.15, 0.2) is 11.5 Å². The highest BCUT2D eigenvalue weighted by atomic mass is 16.6. The summed E-state index contributed by atoms with van der Waals surface area (Å²) in [5, 5.41) is 0. The Hall–Kier alpha value is -2.94. The summed E-state index contributed by atoms with van der Waals surface area (Å²) in [4.78, 5) is 50.0. The van der Waals surface area contributed by atoms with E-state index in [9.17, 15) is 19.2 Å². The molecule has 39 heavy (non-hydrogen) atoms. The Morgan fingerprint density at radius 2 is 1.33 bits per heavy atom.